The summed E-state index contributed by atoms with van der Waals surface area (Å²) in [5, 5.41) is 13.8. The van der Waals surface area contributed by atoms with Gasteiger partial charge in [-0.25, -0.2) is 9.78 Å². The molecule has 1 aromatic heterocycles. The molecule has 128 valence electrons. The maximum atomic E-state index is 12.5. The number of thiazole rings is 1. The second-order valence-corrected chi connectivity index (χ2v) is 7.10. The summed E-state index contributed by atoms with van der Waals surface area (Å²) in [7, 11) is 0. The number of nitrogens with zero attached hydrogens (tertiary/aromatic N) is 2. The first-order valence-electron chi connectivity index (χ1n) is 8.39. The van der Waals surface area contributed by atoms with Crippen LogP contribution in [0.25, 0.3) is 0 Å². The number of fused-ring (bicyclic) bond motifs is 1. The summed E-state index contributed by atoms with van der Waals surface area (Å²) in [5.41, 5.74) is 2.27. The number of nitrogens with one attached hydrogen (secondary N) is 1. The molecular formula is C18H23N3O2S. The molecule has 5 nitrogen and oxygen atoms in total. The number of benzene rings is 1. The Balaban J connectivity index is 1.58. The van der Waals surface area contributed by atoms with Crippen LogP contribution in [0.15, 0.2) is 30.5 Å². The molecule has 2 amide bonds. The standard InChI is InChI=1S/C18H23N3O2S/c1-2-14-11-20-17(24-14)7-9-19-18(23)21-10-8-13-5-3-4-6-15(13)16(21)12-22/h3-6,11,16,22H,2,7-10,12H2,1H3,(H,19,23)/t16-/m1/s1. The van der Waals surface area contributed by atoms with E-state index in [1.165, 1.54) is 10.4 Å². The summed E-state index contributed by atoms with van der Waals surface area (Å²) in [6.07, 6.45) is 4.47. The van der Waals surface area contributed by atoms with Gasteiger partial charge in [-0.2, -0.15) is 0 Å². The summed E-state index contributed by atoms with van der Waals surface area (Å²) in [5.74, 6) is 0. The lowest BCUT2D eigenvalue weighted by atomic mass is 9.93. The summed E-state index contributed by atoms with van der Waals surface area (Å²) < 4.78 is 0. The second-order valence-electron chi connectivity index (χ2n) is 5.90. The normalized spacial score (nSPS) is 16.8. The number of rotatable bonds is 5. The van der Waals surface area contributed by atoms with E-state index in [4.69, 9.17) is 0 Å². The molecule has 1 aliphatic rings. The summed E-state index contributed by atoms with van der Waals surface area (Å²) in [6.45, 7) is 3.25. The van der Waals surface area contributed by atoms with Crippen molar-refractivity contribution in [1.29, 1.82) is 0 Å². The molecule has 0 radical (unpaired) electrons. The molecule has 24 heavy (non-hydrogen) atoms. The first-order valence-corrected chi connectivity index (χ1v) is 9.21. The van der Waals surface area contributed by atoms with E-state index in [1.807, 2.05) is 24.4 Å². The van der Waals surface area contributed by atoms with Gasteiger partial charge in [0, 0.05) is 30.6 Å². The monoisotopic (exact) mass is 345 g/mol. The van der Waals surface area contributed by atoms with E-state index in [0.717, 1.165) is 29.8 Å². The topological polar surface area (TPSA) is 65.5 Å². The number of aromatic nitrogens is 1. The van der Waals surface area contributed by atoms with Gasteiger partial charge in [-0.3, -0.25) is 0 Å². The fraction of sp³-hybridized carbons (Fsp3) is 0.444. The van der Waals surface area contributed by atoms with E-state index < -0.39 is 0 Å². The summed E-state index contributed by atoms with van der Waals surface area (Å²) in [4.78, 5) is 19.9. The first-order chi connectivity index (χ1) is 11.7. The third kappa shape index (κ3) is 3.60. The molecule has 0 bridgehead atoms. The van der Waals surface area contributed by atoms with Crippen molar-refractivity contribution in [2.75, 3.05) is 19.7 Å². The number of urea groups is 1. The number of hydrogen-bond donors (Lipinski definition) is 2. The Morgan fingerprint density at radius 2 is 2.29 bits per heavy atom. The molecule has 0 unspecified atom stereocenters. The van der Waals surface area contributed by atoms with Crippen LogP contribution in [-0.4, -0.2) is 40.7 Å². The van der Waals surface area contributed by atoms with Crippen LogP contribution >= 0.6 is 11.3 Å². The number of carbonyl (C=O) groups excluding carboxylic acids is 1. The van der Waals surface area contributed by atoms with Crippen molar-refractivity contribution in [3.05, 3.63) is 51.5 Å². The van der Waals surface area contributed by atoms with Crippen molar-refractivity contribution in [2.24, 2.45) is 0 Å². The van der Waals surface area contributed by atoms with Crippen molar-refractivity contribution in [2.45, 2.75) is 32.2 Å². The van der Waals surface area contributed by atoms with E-state index in [2.05, 4.69) is 23.3 Å². The molecule has 0 aliphatic carbocycles. The van der Waals surface area contributed by atoms with Gasteiger partial charge in [-0.05, 0) is 24.0 Å². The van der Waals surface area contributed by atoms with Crippen LogP contribution in [0.4, 0.5) is 4.79 Å². The van der Waals surface area contributed by atoms with Crippen LogP contribution in [0.3, 0.4) is 0 Å². The van der Waals surface area contributed by atoms with Gasteiger partial charge in [0.15, 0.2) is 0 Å². The maximum absolute atomic E-state index is 12.5. The van der Waals surface area contributed by atoms with Crippen LogP contribution in [0.2, 0.25) is 0 Å². The highest BCUT2D eigenvalue weighted by Crippen LogP contribution is 2.29. The van der Waals surface area contributed by atoms with Crippen molar-refractivity contribution >= 4 is 17.4 Å². The largest absolute Gasteiger partial charge is 0.394 e. The smallest absolute Gasteiger partial charge is 0.318 e. The fourth-order valence-corrected chi connectivity index (χ4v) is 3.96. The number of carbonyl (C=O) groups is 1. The van der Waals surface area contributed by atoms with Gasteiger partial charge in [0.25, 0.3) is 0 Å². The van der Waals surface area contributed by atoms with Crippen LogP contribution < -0.4 is 5.32 Å². The number of aliphatic hydroxyl groups excluding tert-OH is 1. The highest BCUT2D eigenvalue weighted by molar-refractivity contribution is 7.11. The minimum absolute atomic E-state index is 0.0588. The van der Waals surface area contributed by atoms with Crippen LogP contribution in [0.1, 0.15) is 34.0 Å². The Bertz CT molecular complexity index is 701. The van der Waals surface area contributed by atoms with Crippen molar-refractivity contribution in [1.82, 2.24) is 15.2 Å². The number of aryl methyl sites for hydroxylation is 1. The average Bonchev–Trinajstić information content (AvgIpc) is 3.08. The van der Waals surface area contributed by atoms with E-state index in [9.17, 15) is 9.90 Å². The quantitative estimate of drug-likeness (QED) is 0.875. The fourth-order valence-electron chi connectivity index (χ4n) is 3.10. The van der Waals surface area contributed by atoms with Crippen molar-refractivity contribution in [3.8, 4) is 0 Å². The lowest BCUT2D eigenvalue weighted by Crippen LogP contribution is -2.47. The van der Waals surface area contributed by atoms with Gasteiger partial charge in [-0.1, -0.05) is 31.2 Å². The summed E-state index contributed by atoms with van der Waals surface area (Å²) >= 11 is 1.70. The zero-order chi connectivity index (χ0) is 16.9. The molecule has 1 aromatic carbocycles. The number of amides is 2. The minimum atomic E-state index is -0.262. The van der Waals surface area contributed by atoms with Crippen LogP contribution in [-0.2, 0) is 19.3 Å². The zero-order valence-electron chi connectivity index (χ0n) is 13.9. The van der Waals surface area contributed by atoms with Crippen LogP contribution in [0.5, 0.6) is 0 Å². The van der Waals surface area contributed by atoms with Gasteiger partial charge in [0.05, 0.1) is 17.7 Å². The highest BCUT2D eigenvalue weighted by atomic mass is 32.1. The maximum Gasteiger partial charge on any atom is 0.318 e. The Hall–Kier alpha value is -1.92. The SMILES string of the molecule is CCc1cnc(CCNC(=O)N2CCc3ccccc3[C@H]2CO)s1. The number of aliphatic hydroxyl groups is 1. The van der Waals surface area contributed by atoms with Gasteiger partial charge in [0.2, 0.25) is 0 Å². The van der Waals surface area contributed by atoms with E-state index in [1.54, 1.807) is 16.2 Å². The van der Waals surface area contributed by atoms with Crippen molar-refractivity contribution in [3.63, 3.8) is 0 Å². The molecule has 0 spiro atoms. The summed E-state index contributed by atoms with van der Waals surface area (Å²) in [6, 6.07) is 7.65. The van der Waals surface area contributed by atoms with Gasteiger partial charge in [0.1, 0.15) is 0 Å². The average molecular weight is 345 g/mol. The van der Waals surface area contributed by atoms with Gasteiger partial charge < -0.3 is 15.3 Å². The third-order valence-corrected chi connectivity index (χ3v) is 5.61. The Labute approximate surface area is 146 Å². The first kappa shape index (κ1) is 16.9. The van der Waals surface area contributed by atoms with Gasteiger partial charge >= 0.3 is 6.03 Å². The van der Waals surface area contributed by atoms with Gasteiger partial charge in [-0.15, -0.1) is 11.3 Å². The molecule has 1 aliphatic heterocycles. The predicted octanol–water partition coefficient (Wildman–Crippen LogP) is 2.55. The van der Waals surface area contributed by atoms with Crippen molar-refractivity contribution < 1.29 is 9.90 Å². The molecular weight excluding hydrogens is 322 g/mol. The van der Waals surface area contributed by atoms with E-state index in [0.29, 0.717) is 13.1 Å². The molecule has 6 heteroatoms. The van der Waals surface area contributed by atoms with Crippen LogP contribution in [0, 0.1) is 0 Å². The van der Waals surface area contributed by atoms with E-state index in [-0.39, 0.29) is 18.7 Å². The number of hydrogen-bond acceptors (Lipinski definition) is 4. The molecule has 0 saturated carbocycles. The molecule has 2 N–H and O–H groups in total. The lowest BCUT2D eigenvalue weighted by molar-refractivity contribution is 0.127. The third-order valence-electron chi connectivity index (χ3n) is 4.41. The lowest BCUT2D eigenvalue weighted by Gasteiger charge is -2.36. The molecule has 0 fully saturated rings. The molecule has 2 heterocycles. The zero-order valence-corrected chi connectivity index (χ0v) is 14.7. The Morgan fingerprint density at radius 1 is 1.46 bits per heavy atom. The molecule has 2 aromatic rings. The Kier molecular flexibility index (Phi) is 5.48. The highest BCUT2D eigenvalue weighted by Gasteiger charge is 2.29. The predicted molar refractivity (Wildman–Crippen MR) is 95.3 cm³/mol. The molecule has 0 saturated heterocycles. The van der Waals surface area contributed by atoms with E-state index >= 15 is 0 Å². The molecule has 1 atom stereocenters. The second kappa shape index (κ2) is 7.77. The molecule has 3 rings (SSSR count). The Morgan fingerprint density at radius 3 is 3.04 bits per heavy atom. The minimum Gasteiger partial charge on any atom is -0.394 e.